The quantitative estimate of drug-likeness (QED) is 0.791. The average molecular weight is 272 g/mol. The zero-order chi connectivity index (χ0) is 13.9. The van der Waals surface area contributed by atoms with Crippen molar-refractivity contribution >= 4 is 5.95 Å². The number of allylic oxidation sites excluding steroid dienone is 1. The fourth-order valence-corrected chi connectivity index (χ4v) is 3.32. The summed E-state index contributed by atoms with van der Waals surface area (Å²) in [7, 11) is 0. The molecule has 108 valence electrons. The highest BCUT2D eigenvalue weighted by Crippen LogP contribution is 2.29. The predicted molar refractivity (Wildman–Crippen MR) is 81.8 cm³/mol. The zero-order valence-electron chi connectivity index (χ0n) is 12.5. The maximum atomic E-state index is 4.42. The Morgan fingerprint density at radius 1 is 1.20 bits per heavy atom. The van der Waals surface area contributed by atoms with E-state index in [1.807, 2.05) is 18.5 Å². The summed E-state index contributed by atoms with van der Waals surface area (Å²) >= 11 is 0. The molecular weight excluding hydrogens is 248 g/mol. The van der Waals surface area contributed by atoms with Crippen molar-refractivity contribution in [3.8, 4) is 0 Å². The molecule has 3 fully saturated rings. The number of aromatic nitrogens is 2. The maximum absolute atomic E-state index is 4.42. The third kappa shape index (κ3) is 3.01. The highest BCUT2D eigenvalue weighted by atomic mass is 15.3. The molecule has 0 spiro atoms. The van der Waals surface area contributed by atoms with Gasteiger partial charge in [-0.25, -0.2) is 9.97 Å². The Kier molecular flexibility index (Phi) is 4.01. The van der Waals surface area contributed by atoms with Crippen LogP contribution in [0.3, 0.4) is 0 Å². The Bertz CT molecular complexity index is 467. The van der Waals surface area contributed by atoms with Gasteiger partial charge >= 0.3 is 0 Å². The van der Waals surface area contributed by atoms with Gasteiger partial charge in [-0.3, -0.25) is 4.90 Å². The van der Waals surface area contributed by atoms with Gasteiger partial charge in [-0.05, 0) is 38.7 Å². The summed E-state index contributed by atoms with van der Waals surface area (Å²) in [4.78, 5) is 13.9. The molecule has 2 atom stereocenters. The highest BCUT2D eigenvalue weighted by Gasteiger charge is 2.34. The van der Waals surface area contributed by atoms with Gasteiger partial charge in [0.15, 0.2) is 0 Å². The van der Waals surface area contributed by atoms with Gasteiger partial charge in [-0.1, -0.05) is 11.6 Å². The van der Waals surface area contributed by atoms with Crippen LogP contribution >= 0.6 is 0 Å². The van der Waals surface area contributed by atoms with Gasteiger partial charge in [0.1, 0.15) is 0 Å². The Morgan fingerprint density at radius 2 is 2.00 bits per heavy atom. The molecule has 4 heterocycles. The molecule has 0 aliphatic carbocycles. The molecule has 4 rings (SSSR count). The van der Waals surface area contributed by atoms with Gasteiger partial charge in [0.2, 0.25) is 5.95 Å². The molecule has 0 unspecified atom stereocenters. The van der Waals surface area contributed by atoms with E-state index in [0.29, 0.717) is 6.04 Å². The predicted octanol–water partition coefficient (Wildman–Crippen LogP) is 2.34. The minimum atomic E-state index is 0.646. The van der Waals surface area contributed by atoms with Gasteiger partial charge in [0.25, 0.3) is 0 Å². The average Bonchev–Trinajstić information content (AvgIpc) is 2.77. The third-order valence-corrected chi connectivity index (χ3v) is 4.40. The molecule has 3 aliphatic heterocycles. The number of hydrogen-bond acceptors (Lipinski definition) is 4. The van der Waals surface area contributed by atoms with Crippen LogP contribution in [0.1, 0.15) is 26.7 Å². The van der Waals surface area contributed by atoms with Crippen molar-refractivity contribution in [2.45, 2.75) is 32.7 Å². The topological polar surface area (TPSA) is 32.3 Å². The minimum Gasteiger partial charge on any atom is -0.339 e. The molecule has 1 aromatic heterocycles. The Labute approximate surface area is 121 Å². The van der Waals surface area contributed by atoms with Crippen molar-refractivity contribution < 1.29 is 0 Å². The standard InChI is InChI=1S/C16H24N4/c1-13(2)6-9-19-10-14-4-5-15(19)12-20(11-14)16-17-7-3-8-18-16/h3,6-8,14-15H,4-5,9-12H2,1-2H3/t14-,15-/m0/s1. The Morgan fingerprint density at radius 3 is 2.75 bits per heavy atom. The van der Waals surface area contributed by atoms with Crippen LogP contribution in [0, 0.1) is 5.92 Å². The van der Waals surface area contributed by atoms with Crippen LogP contribution in [0.5, 0.6) is 0 Å². The van der Waals surface area contributed by atoms with Crippen LogP contribution in [-0.4, -0.2) is 47.1 Å². The smallest absolute Gasteiger partial charge is 0.225 e. The summed E-state index contributed by atoms with van der Waals surface area (Å²) < 4.78 is 0. The van der Waals surface area contributed by atoms with E-state index in [1.165, 1.54) is 25.0 Å². The summed E-state index contributed by atoms with van der Waals surface area (Å²) in [6.07, 6.45) is 8.69. The van der Waals surface area contributed by atoms with E-state index in [9.17, 15) is 0 Å². The SMILES string of the molecule is CC(C)=CCN1C[C@@H]2CC[C@H]1CN(c1ncccn1)C2. The number of nitrogens with zero attached hydrogens (tertiary/aromatic N) is 4. The van der Waals surface area contributed by atoms with E-state index in [1.54, 1.807) is 0 Å². The van der Waals surface area contributed by atoms with Crippen molar-refractivity contribution in [1.29, 1.82) is 0 Å². The van der Waals surface area contributed by atoms with Crippen LogP contribution in [0.4, 0.5) is 5.95 Å². The first-order chi connectivity index (χ1) is 9.72. The van der Waals surface area contributed by atoms with E-state index in [2.05, 4.69) is 39.7 Å². The lowest BCUT2D eigenvalue weighted by Crippen LogP contribution is -2.44. The largest absolute Gasteiger partial charge is 0.339 e. The fraction of sp³-hybridized carbons (Fsp3) is 0.625. The summed E-state index contributed by atoms with van der Waals surface area (Å²) in [5.74, 6) is 1.65. The Hall–Kier alpha value is -1.42. The van der Waals surface area contributed by atoms with E-state index in [4.69, 9.17) is 0 Å². The van der Waals surface area contributed by atoms with Crippen molar-refractivity contribution in [3.63, 3.8) is 0 Å². The molecule has 3 aliphatic rings. The number of piperidine rings is 1. The van der Waals surface area contributed by atoms with Crippen molar-refractivity contribution in [1.82, 2.24) is 14.9 Å². The molecule has 0 aromatic carbocycles. The molecule has 2 bridgehead atoms. The number of hydrogen-bond donors (Lipinski definition) is 0. The highest BCUT2D eigenvalue weighted by molar-refractivity contribution is 5.30. The lowest BCUT2D eigenvalue weighted by molar-refractivity contribution is 0.149. The molecule has 4 heteroatoms. The summed E-state index contributed by atoms with van der Waals surface area (Å²) in [5.41, 5.74) is 1.41. The molecule has 3 saturated heterocycles. The lowest BCUT2D eigenvalue weighted by atomic mass is 9.95. The lowest BCUT2D eigenvalue weighted by Gasteiger charge is -2.35. The van der Waals surface area contributed by atoms with Crippen LogP contribution in [0.15, 0.2) is 30.1 Å². The number of rotatable bonds is 3. The van der Waals surface area contributed by atoms with E-state index < -0.39 is 0 Å². The van der Waals surface area contributed by atoms with Crippen LogP contribution in [0.2, 0.25) is 0 Å². The monoisotopic (exact) mass is 272 g/mol. The van der Waals surface area contributed by atoms with Gasteiger partial charge in [0, 0.05) is 44.6 Å². The maximum Gasteiger partial charge on any atom is 0.225 e. The van der Waals surface area contributed by atoms with E-state index in [0.717, 1.165) is 31.5 Å². The van der Waals surface area contributed by atoms with E-state index >= 15 is 0 Å². The third-order valence-electron chi connectivity index (χ3n) is 4.40. The normalized spacial score (nSPS) is 26.4. The first kappa shape index (κ1) is 13.6. The molecule has 20 heavy (non-hydrogen) atoms. The van der Waals surface area contributed by atoms with Gasteiger partial charge in [-0.2, -0.15) is 0 Å². The van der Waals surface area contributed by atoms with Crippen LogP contribution in [0.25, 0.3) is 0 Å². The molecular formula is C16H24N4. The summed E-state index contributed by atoms with van der Waals surface area (Å²) in [5, 5.41) is 0. The molecule has 4 nitrogen and oxygen atoms in total. The molecule has 0 N–H and O–H groups in total. The second kappa shape index (κ2) is 5.92. The first-order valence-electron chi connectivity index (χ1n) is 7.62. The second-order valence-electron chi connectivity index (χ2n) is 6.29. The van der Waals surface area contributed by atoms with Crippen molar-refractivity contribution in [3.05, 3.63) is 30.1 Å². The summed E-state index contributed by atoms with van der Waals surface area (Å²) in [6, 6.07) is 2.53. The second-order valence-corrected chi connectivity index (χ2v) is 6.29. The van der Waals surface area contributed by atoms with Gasteiger partial charge in [0.05, 0.1) is 0 Å². The van der Waals surface area contributed by atoms with Gasteiger partial charge in [-0.15, -0.1) is 0 Å². The minimum absolute atomic E-state index is 0.646. The number of anilines is 1. The fourth-order valence-electron chi connectivity index (χ4n) is 3.32. The van der Waals surface area contributed by atoms with Crippen LogP contribution in [-0.2, 0) is 0 Å². The zero-order valence-corrected chi connectivity index (χ0v) is 12.5. The van der Waals surface area contributed by atoms with Crippen molar-refractivity contribution in [2.75, 3.05) is 31.1 Å². The molecule has 1 aromatic rings. The Balaban J connectivity index is 1.74. The molecule has 0 radical (unpaired) electrons. The number of fused-ring (bicyclic) bond motifs is 4. The summed E-state index contributed by atoms with van der Waals surface area (Å²) in [6.45, 7) is 8.84. The first-order valence-corrected chi connectivity index (χ1v) is 7.62. The van der Waals surface area contributed by atoms with Crippen LogP contribution < -0.4 is 4.90 Å². The molecule has 0 amide bonds. The van der Waals surface area contributed by atoms with E-state index in [-0.39, 0.29) is 0 Å². The van der Waals surface area contributed by atoms with Crippen molar-refractivity contribution in [2.24, 2.45) is 5.92 Å². The molecule has 0 saturated carbocycles. The van der Waals surface area contributed by atoms with Gasteiger partial charge < -0.3 is 4.90 Å².